The molecule has 0 aromatic carbocycles. The molecule has 2 heterocycles. The number of carbonyl (C=O) groups excluding carboxylic acids is 1. The van der Waals surface area contributed by atoms with Crippen LogP contribution >= 0.6 is 0 Å². The van der Waals surface area contributed by atoms with E-state index in [9.17, 15) is 9.18 Å². The largest absolute Gasteiger partial charge is 0.443 e. The van der Waals surface area contributed by atoms with Gasteiger partial charge in [0.2, 0.25) is 5.95 Å². The van der Waals surface area contributed by atoms with Crippen LogP contribution in [0.4, 0.5) is 15.0 Å². The van der Waals surface area contributed by atoms with E-state index in [0.717, 1.165) is 5.70 Å². The molecule has 0 aliphatic carbocycles. The molecule has 0 saturated heterocycles. The predicted molar refractivity (Wildman–Crippen MR) is 76.0 cm³/mol. The van der Waals surface area contributed by atoms with Gasteiger partial charge in [-0.2, -0.15) is 4.39 Å². The average Bonchev–Trinajstić information content (AvgIpc) is 2.36. The molecule has 0 atom stereocenters. The Labute approximate surface area is 123 Å². The molecule has 0 fully saturated rings. The number of amides is 1. The molecule has 1 aliphatic rings. The Bertz CT molecular complexity index is 568. The summed E-state index contributed by atoms with van der Waals surface area (Å²) >= 11 is 0. The van der Waals surface area contributed by atoms with E-state index in [0.29, 0.717) is 18.9 Å². The lowest BCUT2D eigenvalue weighted by Crippen LogP contribution is -2.43. The summed E-state index contributed by atoms with van der Waals surface area (Å²) in [5.41, 5.74) is 0.247. The Morgan fingerprint density at radius 2 is 2.05 bits per heavy atom. The van der Waals surface area contributed by atoms with E-state index in [4.69, 9.17) is 4.74 Å². The van der Waals surface area contributed by atoms with Crippen LogP contribution in [0.1, 0.15) is 27.7 Å². The normalized spacial score (nSPS) is 15.8. The third-order valence-corrected chi connectivity index (χ3v) is 2.86. The third kappa shape index (κ3) is 3.90. The van der Waals surface area contributed by atoms with Gasteiger partial charge in [0.05, 0.1) is 0 Å². The van der Waals surface area contributed by atoms with Gasteiger partial charge in [-0.1, -0.05) is 0 Å². The van der Waals surface area contributed by atoms with Gasteiger partial charge in [-0.3, -0.25) is 4.90 Å². The highest BCUT2D eigenvalue weighted by Crippen LogP contribution is 2.21. The minimum absolute atomic E-state index is 0.393. The summed E-state index contributed by atoms with van der Waals surface area (Å²) in [6.45, 7) is 8.25. The van der Waals surface area contributed by atoms with Gasteiger partial charge in [0, 0.05) is 31.1 Å². The zero-order valence-corrected chi connectivity index (χ0v) is 12.6. The van der Waals surface area contributed by atoms with Gasteiger partial charge in [0.1, 0.15) is 17.7 Å². The number of aromatic nitrogens is 2. The number of anilines is 1. The van der Waals surface area contributed by atoms with Gasteiger partial charge < -0.3 is 9.64 Å². The van der Waals surface area contributed by atoms with Crippen molar-refractivity contribution in [3.63, 3.8) is 0 Å². The first-order chi connectivity index (χ1) is 9.76. The fourth-order valence-corrected chi connectivity index (χ4v) is 1.98. The standard InChI is InChI=1S/C14H19FN4O2/c1-10-8-18(13(20)21-14(2,3)4)5-6-19(10)12-7-11(15)16-9-17-12/h7-9H,5-6H2,1-4H3. The summed E-state index contributed by atoms with van der Waals surface area (Å²) in [6, 6.07) is 1.26. The van der Waals surface area contributed by atoms with E-state index < -0.39 is 17.6 Å². The van der Waals surface area contributed by atoms with Crippen molar-refractivity contribution in [2.45, 2.75) is 33.3 Å². The molecule has 0 bridgehead atoms. The van der Waals surface area contributed by atoms with Crippen LogP contribution in [0.15, 0.2) is 24.3 Å². The smallest absolute Gasteiger partial charge is 0.414 e. The van der Waals surface area contributed by atoms with Crippen molar-refractivity contribution in [1.82, 2.24) is 14.9 Å². The molecule has 0 N–H and O–H groups in total. The van der Waals surface area contributed by atoms with Gasteiger partial charge >= 0.3 is 6.09 Å². The minimum Gasteiger partial charge on any atom is -0.443 e. The topological polar surface area (TPSA) is 58.6 Å². The van der Waals surface area contributed by atoms with Crippen LogP contribution in [0.25, 0.3) is 0 Å². The summed E-state index contributed by atoms with van der Waals surface area (Å²) in [6.07, 6.45) is 2.46. The monoisotopic (exact) mass is 294 g/mol. The molecule has 1 aromatic rings. The first kappa shape index (κ1) is 15.2. The lowest BCUT2D eigenvalue weighted by Gasteiger charge is -2.34. The number of halogens is 1. The molecule has 1 amide bonds. The molecule has 114 valence electrons. The summed E-state index contributed by atoms with van der Waals surface area (Å²) in [7, 11) is 0. The van der Waals surface area contributed by atoms with Crippen molar-refractivity contribution in [1.29, 1.82) is 0 Å². The maximum Gasteiger partial charge on any atom is 0.414 e. The molecule has 2 rings (SSSR count). The number of rotatable bonds is 1. The van der Waals surface area contributed by atoms with Crippen LogP contribution in [0.3, 0.4) is 0 Å². The van der Waals surface area contributed by atoms with Crippen LogP contribution < -0.4 is 4.90 Å². The molecule has 6 nitrogen and oxygen atoms in total. The quantitative estimate of drug-likeness (QED) is 0.745. The second-order valence-corrected chi connectivity index (χ2v) is 5.79. The lowest BCUT2D eigenvalue weighted by atomic mass is 10.2. The molecule has 0 spiro atoms. The molecule has 1 aliphatic heterocycles. The second-order valence-electron chi connectivity index (χ2n) is 5.79. The number of carbonyl (C=O) groups is 1. The zero-order chi connectivity index (χ0) is 15.6. The Morgan fingerprint density at radius 3 is 2.62 bits per heavy atom. The van der Waals surface area contributed by atoms with Crippen LogP contribution in [-0.4, -0.2) is 39.7 Å². The van der Waals surface area contributed by atoms with E-state index in [1.54, 1.807) is 6.20 Å². The Balaban J connectivity index is 2.12. The van der Waals surface area contributed by atoms with E-state index in [2.05, 4.69) is 9.97 Å². The highest BCUT2D eigenvalue weighted by atomic mass is 19.1. The van der Waals surface area contributed by atoms with E-state index in [1.807, 2.05) is 32.6 Å². The molecular weight excluding hydrogens is 275 g/mol. The molecule has 7 heteroatoms. The Kier molecular flexibility index (Phi) is 4.11. The first-order valence-corrected chi connectivity index (χ1v) is 6.69. The van der Waals surface area contributed by atoms with Gasteiger partial charge in [0.15, 0.2) is 0 Å². The van der Waals surface area contributed by atoms with E-state index in [1.165, 1.54) is 17.3 Å². The fourth-order valence-electron chi connectivity index (χ4n) is 1.98. The molecule has 0 saturated carbocycles. The lowest BCUT2D eigenvalue weighted by molar-refractivity contribution is 0.0331. The molecule has 21 heavy (non-hydrogen) atoms. The van der Waals surface area contributed by atoms with Crippen molar-refractivity contribution < 1.29 is 13.9 Å². The van der Waals surface area contributed by atoms with Gasteiger partial charge in [0.25, 0.3) is 0 Å². The van der Waals surface area contributed by atoms with Crippen molar-refractivity contribution >= 4 is 11.9 Å². The summed E-state index contributed by atoms with van der Waals surface area (Å²) in [5, 5.41) is 0. The van der Waals surface area contributed by atoms with Crippen molar-refractivity contribution in [2.75, 3.05) is 18.0 Å². The number of hydrogen-bond donors (Lipinski definition) is 0. The summed E-state index contributed by atoms with van der Waals surface area (Å²) in [5.74, 6) is -0.109. The van der Waals surface area contributed by atoms with Crippen molar-refractivity contribution in [3.05, 3.63) is 30.2 Å². The van der Waals surface area contributed by atoms with E-state index >= 15 is 0 Å². The number of ether oxygens (including phenoxy) is 1. The second kappa shape index (κ2) is 5.67. The predicted octanol–water partition coefficient (Wildman–Crippen LogP) is 2.53. The SMILES string of the molecule is CC1=CN(C(=O)OC(C)(C)C)CCN1c1cc(F)ncn1. The highest BCUT2D eigenvalue weighted by Gasteiger charge is 2.25. The molecule has 1 aromatic heterocycles. The van der Waals surface area contributed by atoms with Crippen LogP contribution in [0.2, 0.25) is 0 Å². The van der Waals surface area contributed by atoms with E-state index in [-0.39, 0.29) is 0 Å². The first-order valence-electron chi connectivity index (χ1n) is 6.69. The molecular formula is C14H19FN4O2. The Hall–Kier alpha value is -2.18. The number of nitrogens with zero attached hydrogens (tertiary/aromatic N) is 4. The maximum absolute atomic E-state index is 13.2. The number of allylic oxidation sites excluding steroid dienone is 1. The fraction of sp³-hybridized carbons (Fsp3) is 0.500. The number of hydrogen-bond acceptors (Lipinski definition) is 5. The van der Waals surface area contributed by atoms with Crippen LogP contribution in [-0.2, 0) is 4.74 Å². The third-order valence-electron chi connectivity index (χ3n) is 2.86. The average molecular weight is 294 g/mol. The van der Waals surface area contributed by atoms with Gasteiger partial charge in [-0.25, -0.2) is 14.8 Å². The highest BCUT2D eigenvalue weighted by molar-refractivity contribution is 5.70. The Morgan fingerprint density at radius 1 is 1.33 bits per heavy atom. The maximum atomic E-state index is 13.2. The van der Waals surface area contributed by atoms with Crippen molar-refractivity contribution in [2.24, 2.45) is 0 Å². The van der Waals surface area contributed by atoms with Crippen LogP contribution in [0, 0.1) is 5.95 Å². The molecule has 0 radical (unpaired) electrons. The van der Waals surface area contributed by atoms with Gasteiger partial charge in [-0.15, -0.1) is 0 Å². The summed E-state index contributed by atoms with van der Waals surface area (Å²) < 4.78 is 18.5. The van der Waals surface area contributed by atoms with Crippen molar-refractivity contribution in [3.8, 4) is 0 Å². The molecule has 0 unspecified atom stereocenters. The summed E-state index contributed by atoms with van der Waals surface area (Å²) in [4.78, 5) is 22.8. The van der Waals surface area contributed by atoms with Gasteiger partial charge in [-0.05, 0) is 27.7 Å². The zero-order valence-electron chi connectivity index (χ0n) is 12.6. The minimum atomic E-state index is -0.581. The van der Waals surface area contributed by atoms with Crippen LogP contribution in [0.5, 0.6) is 0 Å².